The van der Waals surface area contributed by atoms with Crippen molar-refractivity contribution in [2.75, 3.05) is 25.5 Å². The van der Waals surface area contributed by atoms with Crippen LogP contribution in [0.4, 0.5) is 5.82 Å². The molecule has 0 radical (unpaired) electrons. The third-order valence-electron chi connectivity index (χ3n) is 5.25. The smallest absolute Gasteiger partial charge is 0.212 e. The number of methoxy groups -OCH3 is 1. The van der Waals surface area contributed by atoms with Crippen LogP contribution in [0.5, 0.6) is 5.88 Å². The Hall–Kier alpha value is -2.99. The van der Waals surface area contributed by atoms with Gasteiger partial charge in [0, 0.05) is 55.3 Å². The Labute approximate surface area is 172 Å². The molecule has 0 amide bonds. The summed E-state index contributed by atoms with van der Waals surface area (Å²) in [5, 5.41) is 3.62. The third kappa shape index (κ3) is 5.09. The van der Waals surface area contributed by atoms with Crippen LogP contribution < -0.4 is 10.1 Å². The minimum atomic E-state index is 0.429. The van der Waals surface area contributed by atoms with Gasteiger partial charge in [0.1, 0.15) is 5.82 Å². The molecule has 29 heavy (non-hydrogen) atoms. The number of benzene rings is 1. The zero-order valence-corrected chi connectivity index (χ0v) is 17.0. The largest absolute Gasteiger partial charge is 0.481 e. The second-order valence-electron chi connectivity index (χ2n) is 7.49. The molecule has 1 fully saturated rings. The van der Waals surface area contributed by atoms with Crippen LogP contribution in [0.15, 0.2) is 54.7 Å². The zero-order chi connectivity index (χ0) is 20.1. The number of nitrogens with one attached hydrogen (secondary N) is 1. The second-order valence-corrected chi connectivity index (χ2v) is 7.49. The number of nitrogens with zero attached hydrogens (tertiary/aromatic N) is 4. The van der Waals surface area contributed by atoms with E-state index in [0.29, 0.717) is 17.7 Å². The summed E-state index contributed by atoms with van der Waals surface area (Å²) in [5.74, 6) is 2.15. The van der Waals surface area contributed by atoms with Crippen molar-refractivity contribution in [2.45, 2.75) is 32.4 Å². The quantitative estimate of drug-likeness (QED) is 0.689. The molecule has 150 valence electrons. The van der Waals surface area contributed by atoms with E-state index < -0.39 is 0 Å². The molecule has 1 N–H and O–H groups in total. The van der Waals surface area contributed by atoms with Gasteiger partial charge in [0.25, 0.3) is 0 Å². The van der Waals surface area contributed by atoms with Crippen LogP contribution in [0.25, 0.3) is 11.4 Å². The van der Waals surface area contributed by atoms with Crippen molar-refractivity contribution < 1.29 is 4.74 Å². The van der Waals surface area contributed by atoms with E-state index >= 15 is 0 Å². The van der Waals surface area contributed by atoms with Gasteiger partial charge in [-0.3, -0.25) is 4.90 Å². The average molecular weight is 390 g/mol. The van der Waals surface area contributed by atoms with Gasteiger partial charge in [-0.1, -0.05) is 30.3 Å². The SMILES string of the molecule is COc1ccc(-c2nc(C)cc(NC3CCN(Cc4ccccc4)CC3)n2)cn1. The Balaban J connectivity index is 1.38. The number of hydrogen-bond acceptors (Lipinski definition) is 6. The van der Waals surface area contributed by atoms with Crippen molar-refractivity contribution in [3.05, 3.63) is 66.0 Å². The lowest BCUT2D eigenvalue weighted by atomic mass is 10.0. The van der Waals surface area contributed by atoms with E-state index in [-0.39, 0.29) is 0 Å². The molecular weight excluding hydrogens is 362 g/mol. The summed E-state index contributed by atoms with van der Waals surface area (Å²) in [4.78, 5) is 16.1. The van der Waals surface area contributed by atoms with Crippen molar-refractivity contribution >= 4 is 5.82 Å². The first kappa shape index (κ1) is 19.3. The van der Waals surface area contributed by atoms with Crippen LogP contribution in [0.2, 0.25) is 0 Å². The van der Waals surface area contributed by atoms with Crippen LogP contribution in [0.1, 0.15) is 24.1 Å². The van der Waals surface area contributed by atoms with Gasteiger partial charge in [-0.25, -0.2) is 15.0 Å². The van der Waals surface area contributed by atoms with Crippen molar-refractivity contribution in [3.63, 3.8) is 0 Å². The Morgan fingerprint density at radius 3 is 2.55 bits per heavy atom. The molecule has 6 nitrogen and oxygen atoms in total. The molecule has 0 unspecified atom stereocenters. The van der Waals surface area contributed by atoms with Gasteiger partial charge in [0.2, 0.25) is 5.88 Å². The number of aromatic nitrogens is 3. The highest BCUT2D eigenvalue weighted by Gasteiger charge is 2.20. The molecule has 0 spiro atoms. The molecule has 0 aliphatic carbocycles. The Kier molecular flexibility index (Phi) is 6.00. The maximum atomic E-state index is 5.13. The maximum Gasteiger partial charge on any atom is 0.212 e. The molecule has 1 aromatic carbocycles. The van der Waals surface area contributed by atoms with E-state index in [9.17, 15) is 0 Å². The molecular formula is C23H27N5O. The highest BCUT2D eigenvalue weighted by molar-refractivity contribution is 5.57. The number of ether oxygens (including phenoxy) is 1. The van der Waals surface area contributed by atoms with Gasteiger partial charge in [0.05, 0.1) is 7.11 Å². The number of piperidine rings is 1. The van der Waals surface area contributed by atoms with E-state index in [1.165, 1.54) is 5.56 Å². The number of pyridine rings is 1. The van der Waals surface area contributed by atoms with Crippen LogP contribution in [-0.4, -0.2) is 46.1 Å². The molecule has 3 aromatic rings. The van der Waals surface area contributed by atoms with Crippen LogP contribution in [0, 0.1) is 6.92 Å². The second kappa shape index (κ2) is 9.01. The molecule has 1 aliphatic heterocycles. The lowest BCUT2D eigenvalue weighted by Crippen LogP contribution is -2.38. The summed E-state index contributed by atoms with van der Waals surface area (Å²) in [5.41, 5.74) is 3.20. The number of hydrogen-bond donors (Lipinski definition) is 1. The summed E-state index contributed by atoms with van der Waals surface area (Å²) in [6.45, 7) is 5.20. The van der Waals surface area contributed by atoms with Crippen molar-refractivity contribution in [1.82, 2.24) is 19.9 Å². The molecule has 4 rings (SSSR count). The Bertz CT molecular complexity index is 922. The predicted octanol–water partition coefficient (Wildman–Crippen LogP) is 3.93. The molecule has 1 saturated heterocycles. The standard InChI is InChI=1S/C23H27N5O/c1-17-14-21(27-23(25-17)19-8-9-22(29-2)24-15-19)26-20-10-12-28(13-11-20)16-18-6-4-3-5-7-18/h3-9,14-15,20H,10-13,16H2,1-2H3,(H,25,26,27). The van der Waals surface area contributed by atoms with Gasteiger partial charge in [-0.15, -0.1) is 0 Å². The first-order valence-corrected chi connectivity index (χ1v) is 10.1. The Morgan fingerprint density at radius 2 is 1.86 bits per heavy atom. The van der Waals surface area contributed by atoms with Gasteiger partial charge in [-0.2, -0.15) is 0 Å². The van der Waals surface area contributed by atoms with Crippen LogP contribution in [0.3, 0.4) is 0 Å². The first-order chi connectivity index (χ1) is 14.2. The summed E-state index contributed by atoms with van der Waals surface area (Å²) in [7, 11) is 1.61. The van der Waals surface area contributed by atoms with Crippen molar-refractivity contribution in [1.29, 1.82) is 0 Å². The molecule has 0 atom stereocenters. The lowest BCUT2D eigenvalue weighted by molar-refractivity contribution is 0.211. The molecule has 6 heteroatoms. The van der Waals surface area contributed by atoms with E-state index in [4.69, 9.17) is 9.72 Å². The number of anilines is 1. The first-order valence-electron chi connectivity index (χ1n) is 10.1. The number of rotatable bonds is 6. The minimum absolute atomic E-state index is 0.429. The zero-order valence-electron chi connectivity index (χ0n) is 17.0. The topological polar surface area (TPSA) is 63.2 Å². The predicted molar refractivity (Wildman–Crippen MR) is 115 cm³/mol. The van der Waals surface area contributed by atoms with E-state index in [1.807, 2.05) is 25.1 Å². The fourth-order valence-corrected chi connectivity index (χ4v) is 3.69. The maximum absolute atomic E-state index is 5.13. The third-order valence-corrected chi connectivity index (χ3v) is 5.25. The van der Waals surface area contributed by atoms with Crippen molar-refractivity contribution in [3.8, 4) is 17.3 Å². The molecule has 0 bridgehead atoms. The fraction of sp³-hybridized carbons (Fsp3) is 0.348. The monoisotopic (exact) mass is 389 g/mol. The molecule has 1 aliphatic rings. The summed E-state index contributed by atoms with van der Waals surface area (Å²) >= 11 is 0. The molecule has 3 heterocycles. The Morgan fingerprint density at radius 1 is 1.07 bits per heavy atom. The average Bonchev–Trinajstić information content (AvgIpc) is 2.75. The molecule has 0 saturated carbocycles. The summed E-state index contributed by atoms with van der Waals surface area (Å²) < 4.78 is 5.13. The summed E-state index contributed by atoms with van der Waals surface area (Å²) in [6.07, 6.45) is 3.96. The van der Waals surface area contributed by atoms with E-state index in [2.05, 4.69) is 50.5 Å². The normalized spacial score (nSPS) is 15.2. The highest BCUT2D eigenvalue weighted by atomic mass is 16.5. The van der Waals surface area contributed by atoms with Gasteiger partial charge in [-0.05, 0) is 31.4 Å². The fourth-order valence-electron chi connectivity index (χ4n) is 3.69. The van der Waals surface area contributed by atoms with Crippen LogP contribution >= 0.6 is 0 Å². The molecule has 2 aromatic heterocycles. The summed E-state index contributed by atoms with van der Waals surface area (Å²) in [6, 6.07) is 16.9. The number of likely N-dealkylation sites (tertiary alicyclic amines) is 1. The van der Waals surface area contributed by atoms with Gasteiger partial charge < -0.3 is 10.1 Å². The van der Waals surface area contributed by atoms with Gasteiger partial charge in [0.15, 0.2) is 5.82 Å². The number of aryl methyl sites for hydroxylation is 1. The lowest BCUT2D eigenvalue weighted by Gasteiger charge is -2.32. The van der Waals surface area contributed by atoms with E-state index in [0.717, 1.165) is 49.6 Å². The van der Waals surface area contributed by atoms with Crippen LogP contribution in [-0.2, 0) is 6.54 Å². The minimum Gasteiger partial charge on any atom is -0.481 e. The van der Waals surface area contributed by atoms with E-state index in [1.54, 1.807) is 13.3 Å². The van der Waals surface area contributed by atoms with Gasteiger partial charge >= 0.3 is 0 Å². The highest BCUT2D eigenvalue weighted by Crippen LogP contribution is 2.21. The van der Waals surface area contributed by atoms with Crippen molar-refractivity contribution in [2.24, 2.45) is 0 Å².